The zero-order valence-electron chi connectivity index (χ0n) is 18.6. The van der Waals surface area contributed by atoms with Crippen molar-refractivity contribution in [2.24, 2.45) is 0 Å². The number of ether oxygens (including phenoxy) is 3. The van der Waals surface area contributed by atoms with Gasteiger partial charge in [-0.1, -0.05) is 54.3 Å². The van der Waals surface area contributed by atoms with Gasteiger partial charge in [0, 0.05) is 5.56 Å². The van der Waals surface area contributed by atoms with Crippen molar-refractivity contribution < 1.29 is 19.0 Å². The molecule has 4 rings (SSSR count). The molecule has 1 aliphatic rings. The highest BCUT2D eigenvalue weighted by atomic mass is 16.5. The topological polar surface area (TPSA) is 44.8 Å². The Balaban J connectivity index is 1.69. The monoisotopic (exact) mass is 428 g/mol. The number of methoxy groups -OCH3 is 2. The zero-order chi connectivity index (χ0) is 22.3. The Morgan fingerprint density at radius 2 is 1.78 bits per heavy atom. The third kappa shape index (κ3) is 5.06. The molecular weight excluding hydrogens is 400 g/mol. The van der Waals surface area contributed by atoms with Crippen LogP contribution in [0.2, 0.25) is 0 Å². The molecule has 1 atom stereocenters. The lowest BCUT2D eigenvalue weighted by atomic mass is 9.95. The Morgan fingerprint density at radius 1 is 1.00 bits per heavy atom. The molecule has 1 fully saturated rings. The second-order valence-corrected chi connectivity index (χ2v) is 8.06. The SMILES string of the molecule is COC(=O)C[C@H](C#Cc1cccc2ccccc12)c1ccc(OC)c(OC2CCCC2)c1. The molecule has 0 heterocycles. The van der Waals surface area contributed by atoms with Crippen LogP contribution in [-0.2, 0) is 9.53 Å². The van der Waals surface area contributed by atoms with Crippen LogP contribution in [0.1, 0.15) is 49.1 Å². The zero-order valence-corrected chi connectivity index (χ0v) is 18.6. The minimum absolute atomic E-state index is 0.170. The van der Waals surface area contributed by atoms with Gasteiger partial charge in [0.2, 0.25) is 0 Å². The van der Waals surface area contributed by atoms with Gasteiger partial charge < -0.3 is 14.2 Å². The summed E-state index contributed by atoms with van der Waals surface area (Å²) in [7, 11) is 3.04. The van der Waals surface area contributed by atoms with Gasteiger partial charge in [0.05, 0.1) is 32.7 Å². The van der Waals surface area contributed by atoms with Gasteiger partial charge in [-0.3, -0.25) is 4.79 Å². The van der Waals surface area contributed by atoms with Crippen molar-refractivity contribution in [2.45, 2.75) is 44.1 Å². The number of hydrogen-bond acceptors (Lipinski definition) is 4. The summed E-state index contributed by atoms with van der Waals surface area (Å²) in [6.07, 6.45) is 4.87. The molecule has 0 unspecified atom stereocenters. The summed E-state index contributed by atoms with van der Waals surface area (Å²) in [6.45, 7) is 0. The molecule has 0 aromatic heterocycles. The predicted molar refractivity (Wildman–Crippen MR) is 126 cm³/mol. The summed E-state index contributed by atoms with van der Waals surface area (Å²) in [6, 6.07) is 20.0. The van der Waals surface area contributed by atoms with E-state index in [1.165, 1.54) is 20.0 Å². The number of carbonyl (C=O) groups excluding carboxylic acids is 1. The van der Waals surface area contributed by atoms with Crippen molar-refractivity contribution in [3.63, 3.8) is 0 Å². The van der Waals surface area contributed by atoms with Gasteiger partial charge in [0.15, 0.2) is 11.5 Å². The molecular formula is C28H28O4. The van der Waals surface area contributed by atoms with E-state index >= 15 is 0 Å². The van der Waals surface area contributed by atoms with Gasteiger partial charge >= 0.3 is 5.97 Å². The Kier molecular flexibility index (Phi) is 6.97. The molecule has 4 heteroatoms. The van der Waals surface area contributed by atoms with E-state index in [1.807, 2.05) is 42.5 Å². The Labute approximate surface area is 189 Å². The first-order valence-electron chi connectivity index (χ1n) is 11.1. The lowest BCUT2D eigenvalue weighted by Gasteiger charge is -2.18. The van der Waals surface area contributed by atoms with E-state index in [4.69, 9.17) is 14.2 Å². The molecule has 1 saturated carbocycles. The van der Waals surface area contributed by atoms with Crippen LogP contribution in [0, 0.1) is 11.8 Å². The molecule has 0 radical (unpaired) electrons. The summed E-state index contributed by atoms with van der Waals surface area (Å²) in [5, 5.41) is 2.24. The maximum absolute atomic E-state index is 12.2. The largest absolute Gasteiger partial charge is 0.493 e. The molecule has 164 valence electrons. The average molecular weight is 429 g/mol. The highest BCUT2D eigenvalue weighted by molar-refractivity contribution is 5.88. The number of hydrogen-bond donors (Lipinski definition) is 0. The van der Waals surface area contributed by atoms with Crippen molar-refractivity contribution in [3.8, 4) is 23.3 Å². The summed E-state index contributed by atoms with van der Waals surface area (Å²) in [4.78, 5) is 12.2. The fourth-order valence-corrected chi connectivity index (χ4v) is 4.19. The van der Waals surface area contributed by atoms with Crippen LogP contribution in [0.25, 0.3) is 10.8 Å². The third-order valence-electron chi connectivity index (χ3n) is 5.96. The van der Waals surface area contributed by atoms with E-state index in [0.29, 0.717) is 11.5 Å². The van der Waals surface area contributed by atoms with Crippen molar-refractivity contribution in [1.29, 1.82) is 0 Å². The maximum Gasteiger partial charge on any atom is 0.307 e. The van der Waals surface area contributed by atoms with E-state index in [-0.39, 0.29) is 24.4 Å². The van der Waals surface area contributed by atoms with Gasteiger partial charge in [-0.15, -0.1) is 0 Å². The van der Waals surface area contributed by atoms with Crippen molar-refractivity contribution in [2.75, 3.05) is 14.2 Å². The van der Waals surface area contributed by atoms with Crippen molar-refractivity contribution in [3.05, 3.63) is 71.8 Å². The lowest BCUT2D eigenvalue weighted by Crippen LogP contribution is -2.12. The fraction of sp³-hybridized carbons (Fsp3) is 0.321. The van der Waals surface area contributed by atoms with Gasteiger partial charge in [0.25, 0.3) is 0 Å². The number of esters is 1. The normalized spacial score (nSPS) is 14.4. The van der Waals surface area contributed by atoms with Gasteiger partial charge in [-0.05, 0) is 60.2 Å². The standard InChI is InChI=1S/C28H28O4/c1-30-26-17-16-22(18-27(26)32-24-11-4-5-12-24)23(19-28(29)31-2)15-14-21-10-7-9-20-8-3-6-13-25(20)21/h3,6-10,13,16-18,23-24H,4-5,11-12,19H2,1-2H3/t23-/m0/s1. The molecule has 0 bridgehead atoms. The molecule has 0 N–H and O–H groups in total. The quantitative estimate of drug-likeness (QED) is 0.364. The molecule has 3 aromatic rings. The van der Waals surface area contributed by atoms with Crippen LogP contribution in [-0.4, -0.2) is 26.3 Å². The number of carbonyl (C=O) groups is 1. The smallest absolute Gasteiger partial charge is 0.307 e. The summed E-state index contributed by atoms with van der Waals surface area (Å²) in [5.41, 5.74) is 1.85. The van der Waals surface area contributed by atoms with Gasteiger partial charge in [-0.2, -0.15) is 0 Å². The molecule has 4 nitrogen and oxygen atoms in total. The van der Waals surface area contributed by atoms with E-state index < -0.39 is 0 Å². The van der Waals surface area contributed by atoms with Crippen LogP contribution in [0.3, 0.4) is 0 Å². The Morgan fingerprint density at radius 3 is 2.56 bits per heavy atom. The van der Waals surface area contributed by atoms with E-state index in [0.717, 1.165) is 34.7 Å². The number of benzene rings is 3. The number of rotatable bonds is 6. The Bertz CT molecular complexity index is 1140. The number of fused-ring (bicyclic) bond motifs is 1. The summed E-state index contributed by atoms with van der Waals surface area (Å²) < 4.78 is 16.7. The molecule has 0 aliphatic heterocycles. The molecule has 0 amide bonds. The molecule has 32 heavy (non-hydrogen) atoms. The van der Waals surface area contributed by atoms with E-state index in [1.54, 1.807) is 7.11 Å². The lowest BCUT2D eigenvalue weighted by molar-refractivity contribution is -0.140. The van der Waals surface area contributed by atoms with Crippen LogP contribution < -0.4 is 9.47 Å². The third-order valence-corrected chi connectivity index (χ3v) is 5.96. The molecule has 3 aromatic carbocycles. The average Bonchev–Trinajstić information content (AvgIpc) is 3.34. The second-order valence-electron chi connectivity index (χ2n) is 8.06. The fourth-order valence-electron chi connectivity index (χ4n) is 4.19. The summed E-state index contributed by atoms with van der Waals surface area (Å²) >= 11 is 0. The minimum Gasteiger partial charge on any atom is -0.493 e. The predicted octanol–water partition coefficient (Wildman–Crippen LogP) is 5.87. The van der Waals surface area contributed by atoms with Gasteiger partial charge in [0.1, 0.15) is 0 Å². The highest BCUT2D eigenvalue weighted by Crippen LogP contribution is 2.35. The van der Waals surface area contributed by atoms with E-state index in [2.05, 4.69) is 30.0 Å². The van der Waals surface area contributed by atoms with Crippen molar-refractivity contribution >= 4 is 16.7 Å². The van der Waals surface area contributed by atoms with Crippen LogP contribution in [0.4, 0.5) is 0 Å². The molecule has 1 aliphatic carbocycles. The second kappa shape index (κ2) is 10.2. The first-order valence-corrected chi connectivity index (χ1v) is 11.1. The van der Waals surface area contributed by atoms with Crippen LogP contribution >= 0.6 is 0 Å². The minimum atomic E-state index is -0.321. The first-order chi connectivity index (χ1) is 15.7. The van der Waals surface area contributed by atoms with Crippen LogP contribution in [0.5, 0.6) is 11.5 Å². The van der Waals surface area contributed by atoms with E-state index in [9.17, 15) is 4.79 Å². The van der Waals surface area contributed by atoms with Crippen molar-refractivity contribution in [1.82, 2.24) is 0 Å². The first kappa shape index (κ1) is 21.8. The highest BCUT2D eigenvalue weighted by Gasteiger charge is 2.21. The summed E-state index contributed by atoms with van der Waals surface area (Å²) in [5.74, 6) is 7.41. The van der Waals surface area contributed by atoms with Crippen LogP contribution in [0.15, 0.2) is 60.7 Å². The molecule has 0 spiro atoms. The molecule has 0 saturated heterocycles. The maximum atomic E-state index is 12.2. The van der Waals surface area contributed by atoms with Gasteiger partial charge in [-0.25, -0.2) is 0 Å². The Hall–Kier alpha value is -3.45.